The zero-order valence-electron chi connectivity index (χ0n) is 3.22. The van der Waals surface area contributed by atoms with Crippen molar-refractivity contribution in [2.45, 2.75) is 6.42 Å². The first kappa shape index (κ1) is 5.09. The van der Waals surface area contributed by atoms with Gasteiger partial charge in [-0.1, -0.05) is 5.18 Å². The first-order chi connectivity index (χ1) is 2.91. The highest BCUT2D eigenvalue weighted by molar-refractivity contribution is 4.69. The maximum absolute atomic E-state index is 9.16. The predicted molar refractivity (Wildman–Crippen MR) is 20.9 cm³/mol. The molecule has 0 aliphatic carbocycles. The summed E-state index contributed by atoms with van der Waals surface area (Å²) in [5, 5.41) is 10.2. The van der Waals surface area contributed by atoms with Crippen LogP contribution in [0.3, 0.4) is 0 Å². The molecule has 0 radical (unpaired) electrons. The molecule has 6 heavy (non-hydrogen) atoms. The SMILES string of the molecule is N#CCCN=O. The van der Waals surface area contributed by atoms with Crippen molar-refractivity contribution in [1.29, 1.82) is 5.26 Å². The third kappa shape index (κ3) is 3.09. The van der Waals surface area contributed by atoms with E-state index < -0.39 is 0 Å². The molecule has 0 aromatic carbocycles. The fraction of sp³-hybridized carbons (Fsp3) is 0.667. The van der Waals surface area contributed by atoms with Crippen LogP contribution in [-0.4, -0.2) is 6.54 Å². The molecule has 0 N–H and O–H groups in total. The molecule has 32 valence electrons. The maximum atomic E-state index is 9.16. The van der Waals surface area contributed by atoms with Crippen LogP contribution in [0.15, 0.2) is 5.18 Å². The smallest absolute Gasteiger partial charge is 0.0940 e. The fourth-order valence-corrected chi connectivity index (χ4v) is 0.0956. The van der Waals surface area contributed by atoms with E-state index in [1.807, 2.05) is 0 Å². The lowest BCUT2D eigenvalue weighted by atomic mass is 10.5. The molecule has 0 unspecified atom stereocenters. The van der Waals surface area contributed by atoms with Gasteiger partial charge < -0.3 is 0 Å². The van der Waals surface area contributed by atoms with Crippen LogP contribution in [0.1, 0.15) is 6.42 Å². The van der Waals surface area contributed by atoms with Crippen LogP contribution < -0.4 is 0 Å². The van der Waals surface area contributed by atoms with Crippen molar-refractivity contribution in [2.24, 2.45) is 5.18 Å². The first-order valence-corrected chi connectivity index (χ1v) is 1.58. The number of nitrogens with zero attached hydrogens (tertiary/aromatic N) is 2. The Hall–Kier alpha value is -0.910. The number of nitriles is 1. The highest BCUT2D eigenvalue weighted by Crippen LogP contribution is 1.71. The molecule has 0 spiro atoms. The van der Waals surface area contributed by atoms with Gasteiger partial charge in [-0.25, -0.2) is 0 Å². The molecule has 0 saturated heterocycles. The van der Waals surface area contributed by atoms with Gasteiger partial charge in [-0.3, -0.25) is 0 Å². The Morgan fingerprint density at radius 3 is 2.67 bits per heavy atom. The average Bonchev–Trinajstić information content (AvgIpc) is 1.61. The summed E-state index contributed by atoms with van der Waals surface area (Å²) in [5.41, 5.74) is 0. The van der Waals surface area contributed by atoms with Gasteiger partial charge in [0.1, 0.15) is 0 Å². The van der Waals surface area contributed by atoms with Crippen LogP contribution in [0.5, 0.6) is 0 Å². The van der Waals surface area contributed by atoms with Gasteiger partial charge in [0.25, 0.3) is 0 Å². The second-order valence-electron chi connectivity index (χ2n) is 0.761. The van der Waals surface area contributed by atoms with E-state index in [-0.39, 0.29) is 13.0 Å². The van der Waals surface area contributed by atoms with Gasteiger partial charge in [-0.2, -0.15) is 10.2 Å². The van der Waals surface area contributed by atoms with E-state index in [2.05, 4.69) is 5.18 Å². The lowest BCUT2D eigenvalue weighted by Gasteiger charge is -1.66. The van der Waals surface area contributed by atoms with Crippen LogP contribution in [0.25, 0.3) is 0 Å². The second kappa shape index (κ2) is 4.09. The maximum Gasteiger partial charge on any atom is 0.0940 e. The molecule has 0 aromatic heterocycles. The Morgan fingerprint density at radius 1 is 1.83 bits per heavy atom. The molecule has 0 atom stereocenters. The van der Waals surface area contributed by atoms with Crippen LogP contribution in [0, 0.1) is 16.2 Å². The Bertz CT molecular complexity index is 73.4. The van der Waals surface area contributed by atoms with Crippen molar-refractivity contribution < 1.29 is 0 Å². The van der Waals surface area contributed by atoms with Crippen molar-refractivity contribution in [3.05, 3.63) is 4.91 Å². The van der Waals surface area contributed by atoms with Crippen molar-refractivity contribution in [1.82, 2.24) is 0 Å². The van der Waals surface area contributed by atoms with Gasteiger partial charge in [0.2, 0.25) is 0 Å². The second-order valence-corrected chi connectivity index (χ2v) is 0.761. The molecule has 0 aliphatic rings. The van der Waals surface area contributed by atoms with E-state index >= 15 is 0 Å². The molecule has 0 fully saturated rings. The largest absolute Gasteiger partial charge is 0.198 e. The summed E-state index contributed by atoms with van der Waals surface area (Å²) < 4.78 is 0. The monoisotopic (exact) mass is 84.0 g/mol. The third-order valence-corrected chi connectivity index (χ3v) is 0.315. The Kier molecular flexibility index (Phi) is 3.47. The van der Waals surface area contributed by atoms with Gasteiger partial charge >= 0.3 is 0 Å². The number of hydrogen-bond donors (Lipinski definition) is 0. The first-order valence-electron chi connectivity index (χ1n) is 1.58. The minimum absolute atomic E-state index is 0.122. The topological polar surface area (TPSA) is 53.2 Å². The normalized spacial score (nSPS) is 6.50. The summed E-state index contributed by atoms with van der Waals surface area (Å²) in [4.78, 5) is 9.16. The van der Waals surface area contributed by atoms with Crippen LogP contribution >= 0.6 is 0 Å². The summed E-state index contributed by atoms with van der Waals surface area (Å²) in [7, 11) is 0. The molecular weight excluding hydrogens is 80.0 g/mol. The van der Waals surface area contributed by atoms with Crippen molar-refractivity contribution in [3.8, 4) is 6.07 Å². The van der Waals surface area contributed by atoms with Gasteiger partial charge in [-0.15, -0.1) is 0 Å². The van der Waals surface area contributed by atoms with Gasteiger partial charge in [-0.05, 0) is 0 Å². The fourth-order valence-electron chi connectivity index (χ4n) is 0.0956. The number of nitroso groups, excluding NO2 is 1. The van der Waals surface area contributed by atoms with E-state index in [1.165, 1.54) is 0 Å². The predicted octanol–water partition coefficient (Wildman–Crippen LogP) is 0.666. The average molecular weight is 84.1 g/mol. The Morgan fingerprint density at radius 2 is 2.50 bits per heavy atom. The zero-order valence-corrected chi connectivity index (χ0v) is 3.22. The lowest BCUT2D eigenvalue weighted by molar-refractivity contribution is 1.01. The van der Waals surface area contributed by atoms with Crippen LogP contribution in [-0.2, 0) is 0 Å². The minimum atomic E-state index is 0.122. The Balaban J connectivity index is 2.72. The van der Waals surface area contributed by atoms with E-state index in [1.54, 1.807) is 6.07 Å². The molecule has 0 aromatic rings. The van der Waals surface area contributed by atoms with Crippen molar-refractivity contribution >= 4 is 0 Å². The van der Waals surface area contributed by atoms with E-state index in [4.69, 9.17) is 10.2 Å². The molecule has 0 amide bonds. The number of rotatable bonds is 2. The molecule has 0 heterocycles. The van der Waals surface area contributed by atoms with Gasteiger partial charge in [0, 0.05) is 0 Å². The minimum Gasteiger partial charge on any atom is -0.198 e. The van der Waals surface area contributed by atoms with Crippen LogP contribution in [0.4, 0.5) is 0 Å². The summed E-state index contributed by atoms with van der Waals surface area (Å²) in [6.07, 6.45) is 0.240. The molecule has 0 rings (SSSR count). The quantitative estimate of drug-likeness (QED) is 0.364. The van der Waals surface area contributed by atoms with Crippen LogP contribution in [0.2, 0.25) is 0 Å². The summed E-state index contributed by atoms with van der Waals surface area (Å²) in [5.74, 6) is 0. The highest BCUT2D eigenvalue weighted by atomic mass is 16.3. The molecule has 3 nitrogen and oxygen atoms in total. The molecule has 3 heteroatoms. The zero-order chi connectivity index (χ0) is 4.83. The summed E-state index contributed by atoms with van der Waals surface area (Å²) in [6.45, 7) is 0.122. The molecule has 0 bridgehead atoms. The lowest BCUT2D eigenvalue weighted by Crippen LogP contribution is -1.69. The Labute approximate surface area is 35.6 Å². The van der Waals surface area contributed by atoms with E-state index in [0.717, 1.165) is 0 Å². The van der Waals surface area contributed by atoms with E-state index in [0.29, 0.717) is 0 Å². The van der Waals surface area contributed by atoms with Crippen molar-refractivity contribution in [3.63, 3.8) is 0 Å². The third-order valence-electron chi connectivity index (χ3n) is 0.315. The van der Waals surface area contributed by atoms with Gasteiger partial charge in [0.05, 0.1) is 19.0 Å². The molecule has 0 aliphatic heterocycles. The number of hydrogen-bond acceptors (Lipinski definition) is 3. The highest BCUT2D eigenvalue weighted by Gasteiger charge is 1.74. The summed E-state index contributed by atoms with van der Waals surface area (Å²) >= 11 is 0. The summed E-state index contributed by atoms with van der Waals surface area (Å²) in [6, 6.07) is 1.77. The molecular formula is C3H4N2O. The van der Waals surface area contributed by atoms with Crippen molar-refractivity contribution in [2.75, 3.05) is 6.54 Å². The van der Waals surface area contributed by atoms with E-state index in [9.17, 15) is 0 Å². The van der Waals surface area contributed by atoms with Gasteiger partial charge in [0.15, 0.2) is 0 Å². The molecule has 0 saturated carbocycles. The standard InChI is InChI=1S/C3H4N2O/c4-2-1-3-5-6/h1,3H2.